The van der Waals surface area contributed by atoms with E-state index in [4.69, 9.17) is 4.74 Å². The number of nitrogens with zero attached hydrogens (tertiary/aromatic N) is 3. The van der Waals surface area contributed by atoms with E-state index < -0.39 is 15.9 Å². The monoisotopic (exact) mass is 504 g/mol. The number of morpholine rings is 1. The maximum atomic E-state index is 13.2. The number of carbonyl (C=O) groups excluding carboxylic acids is 1. The van der Waals surface area contributed by atoms with E-state index in [0.717, 1.165) is 5.56 Å². The third-order valence-electron chi connectivity index (χ3n) is 5.98. The van der Waals surface area contributed by atoms with Crippen LogP contribution >= 0.6 is 0 Å². The van der Waals surface area contributed by atoms with Crippen molar-refractivity contribution in [3.8, 4) is 0 Å². The first-order chi connectivity index (χ1) is 17.4. The Morgan fingerprint density at radius 1 is 0.889 bits per heavy atom. The van der Waals surface area contributed by atoms with Crippen LogP contribution in [0.15, 0.2) is 88.6 Å². The highest BCUT2D eigenvalue weighted by Crippen LogP contribution is 2.21. The molecule has 10 heteroatoms. The second-order valence-electron chi connectivity index (χ2n) is 8.34. The average molecular weight is 505 g/mol. The molecule has 4 aromatic rings. The number of fused-ring (bicyclic) bond motifs is 1. The summed E-state index contributed by atoms with van der Waals surface area (Å²) in [6, 6.07) is 22.2. The van der Waals surface area contributed by atoms with Gasteiger partial charge in [0.1, 0.15) is 0 Å². The molecule has 1 aliphatic rings. The van der Waals surface area contributed by atoms with Crippen LogP contribution in [0.4, 0.5) is 5.69 Å². The number of anilines is 1. The first-order valence-electron chi connectivity index (χ1n) is 11.5. The van der Waals surface area contributed by atoms with Gasteiger partial charge in [-0.15, -0.1) is 0 Å². The van der Waals surface area contributed by atoms with Crippen molar-refractivity contribution in [1.29, 1.82) is 0 Å². The van der Waals surface area contributed by atoms with Crippen LogP contribution in [0.25, 0.3) is 10.8 Å². The third-order valence-corrected chi connectivity index (χ3v) is 7.89. The zero-order valence-corrected chi connectivity index (χ0v) is 20.1. The Balaban J connectivity index is 1.43. The summed E-state index contributed by atoms with van der Waals surface area (Å²) in [6.07, 6.45) is 0. The van der Waals surface area contributed by atoms with E-state index in [0.29, 0.717) is 42.8 Å². The van der Waals surface area contributed by atoms with Gasteiger partial charge >= 0.3 is 0 Å². The lowest BCUT2D eigenvalue weighted by Gasteiger charge is -2.26. The van der Waals surface area contributed by atoms with Gasteiger partial charge in [-0.05, 0) is 35.9 Å². The summed E-state index contributed by atoms with van der Waals surface area (Å²) in [6.45, 7) is 1.55. The maximum absolute atomic E-state index is 13.2. The quantitative estimate of drug-likeness (QED) is 0.432. The normalized spacial score (nSPS) is 14.6. The largest absolute Gasteiger partial charge is 0.379 e. The van der Waals surface area contributed by atoms with Gasteiger partial charge in [0.25, 0.3) is 11.5 Å². The molecule has 0 bridgehead atoms. The number of amides is 1. The molecule has 0 unspecified atom stereocenters. The average Bonchev–Trinajstić information content (AvgIpc) is 2.91. The fourth-order valence-corrected chi connectivity index (χ4v) is 5.51. The first kappa shape index (κ1) is 23.9. The smallest absolute Gasteiger partial charge is 0.276 e. The number of hydrogen-bond donors (Lipinski definition) is 1. The van der Waals surface area contributed by atoms with Gasteiger partial charge in [-0.25, -0.2) is 13.1 Å². The summed E-state index contributed by atoms with van der Waals surface area (Å²) >= 11 is 0. The predicted octanol–water partition coefficient (Wildman–Crippen LogP) is 2.72. The number of benzene rings is 3. The molecule has 9 nitrogen and oxygen atoms in total. The standard InChI is InChI=1S/C26H24N4O5S/c31-25(27-20-10-12-21(13-11-20)36(33,34)29-14-16-35-17-15-29)24-22-8-4-5-9-23(22)26(32)30(28-24)18-19-6-2-1-3-7-19/h1-13H,14-18H2,(H,27,31). The van der Waals surface area contributed by atoms with Crippen LogP contribution in [-0.4, -0.2) is 54.7 Å². The number of ether oxygens (including phenoxy) is 1. The fraction of sp³-hybridized carbons (Fsp3) is 0.192. The number of aromatic nitrogens is 2. The minimum absolute atomic E-state index is 0.103. The third kappa shape index (κ3) is 4.78. The molecule has 5 rings (SSSR count). The number of carbonyl (C=O) groups is 1. The Morgan fingerprint density at radius 3 is 2.22 bits per heavy atom. The highest BCUT2D eigenvalue weighted by atomic mass is 32.2. The summed E-state index contributed by atoms with van der Waals surface area (Å²) in [5, 5.41) is 7.99. The van der Waals surface area contributed by atoms with Crippen LogP contribution in [0.1, 0.15) is 16.1 Å². The number of hydrogen-bond acceptors (Lipinski definition) is 6. The Hall–Kier alpha value is -3.86. The van der Waals surface area contributed by atoms with Crippen LogP contribution in [0.5, 0.6) is 0 Å². The number of rotatable bonds is 6. The van der Waals surface area contributed by atoms with E-state index in [2.05, 4.69) is 10.4 Å². The second kappa shape index (κ2) is 10.0. The fourth-order valence-electron chi connectivity index (χ4n) is 4.10. The van der Waals surface area contributed by atoms with Gasteiger partial charge in [0.05, 0.1) is 30.0 Å². The Morgan fingerprint density at radius 2 is 1.53 bits per heavy atom. The van der Waals surface area contributed by atoms with Crippen molar-refractivity contribution in [2.75, 3.05) is 31.6 Å². The second-order valence-corrected chi connectivity index (χ2v) is 10.3. The molecule has 1 fully saturated rings. The summed E-state index contributed by atoms with van der Waals surface area (Å²) in [5.74, 6) is -0.503. The molecule has 0 saturated carbocycles. The molecular formula is C26H24N4O5S. The highest BCUT2D eigenvalue weighted by Gasteiger charge is 2.26. The Kier molecular flexibility index (Phi) is 6.64. The molecule has 184 valence electrons. The molecule has 0 spiro atoms. The van der Waals surface area contributed by atoms with E-state index in [-0.39, 0.29) is 22.7 Å². The highest BCUT2D eigenvalue weighted by molar-refractivity contribution is 7.89. The van der Waals surface area contributed by atoms with Crippen molar-refractivity contribution < 1.29 is 17.9 Å². The Labute approximate surface area is 208 Å². The molecule has 1 amide bonds. The molecular weight excluding hydrogens is 480 g/mol. The zero-order valence-electron chi connectivity index (χ0n) is 19.3. The maximum Gasteiger partial charge on any atom is 0.276 e. The molecule has 1 saturated heterocycles. The van der Waals surface area contributed by atoms with Crippen molar-refractivity contribution in [3.05, 3.63) is 100 Å². The number of nitrogens with one attached hydrogen (secondary N) is 1. The molecule has 1 aliphatic heterocycles. The molecule has 3 aromatic carbocycles. The summed E-state index contributed by atoms with van der Waals surface area (Å²) in [7, 11) is -3.64. The van der Waals surface area contributed by atoms with Gasteiger partial charge in [-0.3, -0.25) is 9.59 Å². The molecule has 1 aromatic heterocycles. The van der Waals surface area contributed by atoms with Crippen LogP contribution in [0.3, 0.4) is 0 Å². The molecule has 0 radical (unpaired) electrons. The SMILES string of the molecule is O=C(Nc1ccc(S(=O)(=O)N2CCOCC2)cc1)c1nn(Cc2ccccc2)c(=O)c2ccccc12. The Bertz CT molecular complexity index is 1560. The van der Waals surface area contributed by atoms with Crippen molar-refractivity contribution in [2.24, 2.45) is 0 Å². The lowest BCUT2D eigenvalue weighted by molar-refractivity contribution is 0.0730. The van der Waals surface area contributed by atoms with Crippen LogP contribution < -0.4 is 10.9 Å². The van der Waals surface area contributed by atoms with Crippen molar-refractivity contribution in [3.63, 3.8) is 0 Å². The van der Waals surface area contributed by atoms with Crippen molar-refractivity contribution >= 4 is 32.4 Å². The minimum Gasteiger partial charge on any atom is -0.379 e. The van der Waals surface area contributed by atoms with Gasteiger partial charge in [0, 0.05) is 24.2 Å². The van der Waals surface area contributed by atoms with E-state index in [9.17, 15) is 18.0 Å². The van der Waals surface area contributed by atoms with Crippen molar-refractivity contribution in [2.45, 2.75) is 11.4 Å². The first-order valence-corrected chi connectivity index (χ1v) is 12.9. The van der Waals surface area contributed by atoms with E-state index >= 15 is 0 Å². The predicted molar refractivity (Wildman–Crippen MR) is 136 cm³/mol. The van der Waals surface area contributed by atoms with Crippen LogP contribution in [0, 0.1) is 0 Å². The number of sulfonamides is 1. The van der Waals surface area contributed by atoms with Gasteiger partial charge in [-0.1, -0.05) is 48.5 Å². The van der Waals surface area contributed by atoms with E-state index in [1.165, 1.54) is 33.3 Å². The van der Waals surface area contributed by atoms with E-state index in [1.807, 2.05) is 30.3 Å². The zero-order chi connectivity index (χ0) is 25.1. The van der Waals surface area contributed by atoms with E-state index in [1.54, 1.807) is 24.3 Å². The van der Waals surface area contributed by atoms with Gasteiger partial charge in [-0.2, -0.15) is 9.40 Å². The minimum atomic E-state index is -3.64. The van der Waals surface area contributed by atoms with Gasteiger partial charge in [0.15, 0.2) is 5.69 Å². The summed E-state index contributed by atoms with van der Waals surface area (Å²) in [4.78, 5) is 26.4. The van der Waals surface area contributed by atoms with Crippen LogP contribution in [-0.2, 0) is 21.3 Å². The molecule has 1 N–H and O–H groups in total. The summed E-state index contributed by atoms with van der Waals surface area (Å²) in [5.41, 5.74) is 1.10. The topological polar surface area (TPSA) is 111 Å². The molecule has 36 heavy (non-hydrogen) atoms. The van der Waals surface area contributed by atoms with Crippen LogP contribution in [0.2, 0.25) is 0 Å². The van der Waals surface area contributed by atoms with Gasteiger partial charge in [0.2, 0.25) is 10.0 Å². The summed E-state index contributed by atoms with van der Waals surface area (Å²) < 4.78 is 33.6. The molecule has 0 atom stereocenters. The van der Waals surface area contributed by atoms with Gasteiger partial charge < -0.3 is 10.1 Å². The lowest BCUT2D eigenvalue weighted by atomic mass is 10.1. The lowest BCUT2D eigenvalue weighted by Crippen LogP contribution is -2.40. The molecule has 2 heterocycles. The molecule has 0 aliphatic carbocycles. The van der Waals surface area contributed by atoms with Crippen molar-refractivity contribution in [1.82, 2.24) is 14.1 Å².